The van der Waals surface area contributed by atoms with Gasteiger partial charge in [-0.3, -0.25) is 38.4 Å². The third-order valence-corrected chi connectivity index (χ3v) is 14.7. The summed E-state index contributed by atoms with van der Waals surface area (Å²) in [7, 11) is 0. The quantitative estimate of drug-likeness (QED) is 0.0575. The third kappa shape index (κ3) is 17.5. The van der Waals surface area contributed by atoms with Crippen molar-refractivity contribution in [3.63, 3.8) is 0 Å². The van der Waals surface area contributed by atoms with Crippen molar-refractivity contribution in [2.75, 3.05) is 13.1 Å². The molecule has 0 saturated carbocycles. The largest absolute Gasteiger partial charge is 0.508 e. The molecule has 0 radical (unpaired) electrons. The summed E-state index contributed by atoms with van der Waals surface area (Å²) < 4.78 is 0. The second kappa shape index (κ2) is 29.3. The highest BCUT2D eigenvalue weighted by molar-refractivity contribution is 5.98. The van der Waals surface area contributed by atoms with Gasteiger partial charge in [0.15, 0.2) is 6.23 Å². The number of phenolic OH excluding ortho intramolecular Hbond substituents is 1. The highest BCUT2D eigenvalue weighted by Crippen LogP contribution is 2.28. The second-order valence-electron chi connectivity index (χ2n) is 21.2. The first kappa shape index (κ1) is 63.0. The molecule has 3 saturated heterocycles. The van der Waals surface area contributed by atoms with Crippen LogP contribution in [0, 0.1) is 17.8 Å². The zero-order valence-corrected chi connectivity index (χ0v) is 44.0. The summed E-state index contributed by atoms with van der Waals surface area (Å²) in [6, 6.07) is -7.42. The number of hydrogen-bond acceptors (Lipinski definition) is 17. The summed E-state index contributed by atoms with van der Waals surface area (Å²) in [6.07, 6.45) is -9.95. The van der Waals surface area contributed by atoms with Gasteiger partial charge in [0.25, 0.3) is 0 Å². The average molecular weight is 1080 g/mol. The molecular formula is C51H82N8O17. The van der Waals surface area contributed by atoms with Crippen molar-refractivity contribution in [2.24, 2.45) is 23.5 Å². The lowest BCUT2D eigenvalue weighted by molar-refractivity contribution is -0.149. The van der Waals surface area contributed by atoms with Crippen LogP contribution in [0.3, 0.4) is 0 Å². The van der Waals surface area contributed by atoms with E-state index in [1.54, 1.807) is 0 Å². The van der Waals surface area contributed by atoms with Gasteiger partial charge in [-0.25, -0.2) is 0 Å². The predicted octanol–water partition coefficient (Wildman–Crippen LogP) is -3.10. The van der Waals surface area contributed by atoms with E-state index in [0.29, 0.717) is 29.6 Å². The molecule has 0 aliphatic carbocycles. The topological polar surface area (TPSA) is 411 Å². The fourth-order valence-corrected chi connectivity index (χ4v) is 10.0. The van der Waals surface area contributed by atoms with Crippen molar-refractivity contribution in [1.29, 1.82) is 0 Å². The Hall–Kier alpha value is -5.54. The molecule has 11 unspecified atom stereocenters. The zero-order valence-electron chi connectivity index (χ0n) is 44.0. The Kier molecular flexibility index (Phi) is 24.3. The number of aliphatic hydroxyl groups is 8. The molecule has 17 atom stereocenters. The van der Waals surface area contributed by atoms with Crippen LogP contribution in [0.2, 0.25) is 0 Å². The van der Waals surface area contributed by atoms with Crippen LogP contribution in [-0.2, 0) is 38.4 Å². The van der Waals surface area contributed by atoms with E-state index in [1.807, 2.05) is 0 Å². The van der Waals surface area contributed by atoms with Gasteiger partial charge in [-0.2, -0.15) is 0 Å². The number of nitrogens with two attached hydrogens (primary N) is 1. The van der Waals surface area contributed by atoms with Crippen LogP contribution < -0.4 is 32.3 Å². The van der Waals surface area contributed by atoms with E-state index in [4.69, 9.17) is 5.73 Å². The second-order valence-corrected chi connectivity index (χ2v) is 21.2. The molecule has 428 valence electrons. The Morgan fingerprint density at radius 3 is 1.93 bits per heavy atom. The number of amides is 8. The van der Waals surface area contributed by atoms with Crippen molar-refractivity contribution >= 4 is 47.3 Å². The number of unbranched alkanes of at least 4 members (excludes halogenated alkanes) is 5. The summed E-state index contributed by atoms with van der Waals surface area (Å²) in [4.78, 5) is 113. The van der Waals surface area contributed by atoms with Crippen molar-refractivity contribution in [3.05, 3.63) is 29.8 Å². The smallest absolute Gasteiger partial charge is 0.248 e. The minimum atomic E-state index is -2.37. The van der Waals surface area contributed by atoms with Gasteiger partial charge in [-0.15, -0.1) is 0 Å². The molecule has 8 amide bonds. The molecule has 0 spiro atoms. The number of hydrogen-bond donors (Lipinski definition) is 15. The van der Waals surface area contributed by atoms with Gasteiger partial charge in [0.2, 0.25) is 47.3 Å². The molecule has 3 aliphatic rings. The lowest BCUT2D eigenvalue weighted by atomic mass is 9.91. The van der Waals surface area contributed by atoms with E-state index in [9.17, 15) is 84.3 Å². The van der Waals surface area contributed by atoms with Crippen LogP contribution in [0.15, 0.2) is 24.3 Å². The van der Waals surface area contributed by atoms with Gasteiger partial charge in [0.1, 0.15) is 60.3 Å². The minimum absolute atomic E-state index is 0.0813. The van der Waals surface area contributed by atoms with Crippen LogP contribution in [0.5, 0.6) is 5.75 Å². The van der Waals surface area contributed by atoms with Crippen LogP contribution in [0.1, 0.15) is 130 Å². The molecule has 3 aliphatic heterocycles. The molecule has 0 bridgehead atoms. The number of carbonyl (C=O) groups is 8. The van der Waals surface area contributed by atoms with Gasteiger partial charge < -0.3 is 88.1 Å². The molecule has 4 rings (SSSR count). The van der Waals surface area contributed by atoms with Crippen molar-refractivity contribution in [3.8, 4) is 5.75 Å². The average Bonchev–Trinajstić information content (AvgIpc) is 3.90. The Balaban J connectivity index is 1.71. The number of fused-ring (bicyclic) bond motifs is 2. The maximum absolute atomic E-state index is 14.5. The Bertz CT molecular complexity index is 2140. The molecule has 3 heterocycles. The number of nitrogens with zero attached hydrogens (tertiary/aromatic N) is 2. The number of rotatable bonds is 20. The van der Waals surface area contributed by atoms with E-state index in [-0.39, 0.29) is 17.7 Å². The number of primary amides is 1. The molecule has 25 heteroatoms. The van der Waals surface area contributed by atoms with Gasteiger partial charge in [0, 0.05) is 38.3 Å². The number of benzene rings is 1. The maximum atomic E-state index is 14.5. The summed E-state index contributed by atoms with van der Waals surface area (Å²) in [5.74, 6) is -9.52. The van der Waals surface area contributed by atoms with E-state index in [1.165, 1.54) is 13.3 Å². The van der Waals surface area contributed by atoms with E-state index >= 15 is 0 Å². The van der Waals surface area contributed by atoms with Crippen LogP contribution in [0.4, 0.5) is 0 Å². The minimum Gasteiger partial charge on any atom is -0.508 e. The van der Waals surface area contributed by atoms with Gasteiger partial charge in [-0.1, -0.05) is 84.8 Å². The van der Waals surface area contributed by atoms with E-state index in [2.05, 4.69) is 47.4 Å². The van der Waals surface area contributed by atoms with E-state index in [0.717, 1.165) is 74.6 Å². The molecule has 1 aromatic carbocycles. The van der Waals surface area contributed by atoms with Gasteiger partial charge >= 0.3 is 0 Å². The first-order valence-electron chi connectivity index (χ1n) is 26.4. The first-order valence-corrected chi connectivity index (χ1v) is 26.4. The predicted molar refractivity (Wildman–Crippen MR) is 270 cm³/mol. The van der Waals surface area contributed by atoms with Gasteiger partial charge in [0.05, 0.1) is 30.8 Å². The lowest BCUT2D eigenvalue weighted by Crippen LogP contribution is -2.64. The van der Waals surface area contributed by atoms with Crippen molar-refractivity contribution < 1.29 is 84.3 Å². The number of carbonyl (C=O) groups excluding carboxylic acids is 8. The molecule has 0 aromatic heterocycles. The molecule has 16 N–H and O–H groups in total. The summed E-state index contributed by atoms with van der Waals surface area (Å²) >= 11 is 0. The highest BCUT2D eigenvalue weighted by atomic mass is 16.3. The van der Waals surface area contributed by atoms with Gasteiger partial charge in [-0.05, 0) is 49.3 Å². The zero-order chi connectivity index (χ0) is 56.7. The molecular weight excluding hydrogens is 997 g/mol. The lowest BCUT2D eigenvalue weighted by Gasteiger charge is -2.34. The first-order chi connectivity index (χ1) is 35.7. The summed E-state index contributed by atoms with van der Waals surface area (Å²) in [5.41, 5.74) is 5.23. The number of aliphatic hydroxyl groups excluding tert-OH is 8. The third-order valence-electron chi connectivity index (χ3n) is 14.7. The molecule has 3 fully saturated rings. The van der Waals surface area contributed by atoms with Crippen molar-refractivity contribution in [1.82, 2.24) is 36.4 Å². The summed E-state index contributed by atoms with van der Waals surface area (Å²) in [6.45, 7) is 8.17. The van der Waals surface area contributed by atoms with Crippen LogP contribution in [0.25, 0.3) is 0 Å². The number of aromatic hydroxyl groups is 1. The van der Waals surface area contributed by atoms with Crippen LogP contribution >= 0.6 is 0 Å². The van der Waals surface area contributed by atoms with Crippen LogP contribution in [-0.4, -0.2) is 195 Å². The summed E-state index contributed by atoms with van der Waals surface area (Å²) in [5, 5.41) is 111. The number of nitrogens with one attached hydrogen (secondary N) is 5. The highest BCUT2D eigenvalue weighted by Gasteiger charge is 2.50. The molecule has 76 heavy (non-hydrogen) atoms. The molecule has 25 nitrogen and oxygen atoms in total. The molecule has 1 aromatic rings. The Morgan fingerprint density at radius 2 is 1.32 bits per heavy atom. The Morgan fingerprint density at radius 1 is 0.724 bits per heavy atom. The maximum Gasteiger partial charge on any atom is 0.248 e. The fourth-order valence-electron chi connectivity index (χ4n) is 10.0. The number of phenols is 1. The Labute approximate surface area is 442 Å². The van der Waals surface area contributed by atoms with Crippen molar-refractivity contribution in [2.45, 2.75) is 203 Å². The normalized spacial score (nSPS) is 29.8. The monoisotopic (exact) mass is 1080 g/mol. The SMILES string of the molecule is CCC(C)CC(C)CCCCCCCCC(=O)N[C@@H]1CC(O)C(O)NC(=O)[C@@H]2C(O)C(C)CN2C(=O)[C@H](C(O)CC(N)=O)NC(=O)[C@H](C(O)C(O)c2ccc(O)cc2)NC(=O)[C@@H]2CC(O)CN2C(=O)[C@H](C(C)O)NC1=O. The van der Waals surface area contributed by atoms with E-state index < -0.39 is 171 Å². The standard InChI is InChI=1S/C51H82N8O17/c1-6-25(2)19-26(3)13-11-9-7-8-10-12-14-37(66)53-32-21-35(64)47(72)57-49(74)41-42(67)27(4)23-59(41)51(76)39(34(63)22-36(52)65)55-48(73)40(44(69)43(68)29-15-17-30(61)18-16-29)56-46(71)33-20-31(62)24-58(33)50(75)38(28(5)60)54-45(32)70/h15-18,25-28,31-35,38-44,47,60-64,67-69,72H,6-14,19-24H2,1-5H3,(H2,52,65)(H,53,66)(H,54,70)(H,55,73)(H,56,71)(H,57,74)/t25?,26?,27?,28?,31?,32-,33+,34?,35?,38+,39+,40+,41+,42?,43?,44?,47?/m1/s1. The fraction of sp³-hybridized carbons (Fsp3) is 0.725.